The van der Waals surface area contributed by atoms with Gasteiger partial charge in [0, 0.05) is 19.6 Å². The molecule has 0 aliphatic carbocycles. The Bertz CT molecular complexity index is 265. The number of hydrogen-bond acceptors (Lipinski definition) is 2. The highest BCUT2D eigenvalue weighted by Crippen LogP contribution is 2.14. The van der Waals surface area contributed by atoms with Crippen LogP contribution in [0.25, 0.3) is 0 Å². The molecule has 1 fully saturated rings. The standard InChI is InChI=1S/C12H18N2/c13-8-12-9-14(10-12)7-6-11-4-2-1-3-5-11/h1-5,12H,6-10,13H2. The molecule has 0 saturated carbocycles. The van der Waals surface area contributed by atoms with Crippen LogP contribution in [0.2, 0.25) is 0 Å². The van der Waals surface area contributed by atoms with Crippen molar-refractivity contribution in [1.29, 1.82) is 0 Å². The third-order valence-electron chi connectivity index (χ3n) is 2.93. The Labute approximate surface area is 85.7 Å². The van der Waals surface area contributed by atoms with Crippen LogP contribution in [-0.2, 0) is 6.42 Å². The molecule has 2 rings (SSSR count). The fraction of sp³-hybridized carbons (Fsp3) is 0.500. The fourth-order valence-corrected chi connectivity index (χ4v) is 1.94. The van der Waals surface area contributed by atoms with Crippen molar-refractivity contribution in [3.63, 3.8) is 0 Å². The van der Waals surface area contributed by atoms with Gasteiger partial charge in [-0.1, -0.05) is 30.3 Å². The van der Waals surface area contributed by atoms with E-state index in [2.05, 4.69) is 35.2 Å². The molecule has 0 aromatic heterocycles. The summed E-state index contributed by atoms with van der Waals surface area (Å²) in [5.74, 6) is 0.755. The van der Waals surface area contributed by atoms with Gasteiger partial charge in [-0.15, -0.1) is 0 Å². The maximum atomic E-state index is 5.58. The normalized spacial score (nSPS) is 18.1. The van der Waals surface area contributed by atoms with E-state index in [1.165, 1.54) is 25.2 Å². The lowest BCUT2D eigenvalue weighted by Gasteiger charge is -2.38. The third-order valence-corrected chi connectivity index (χ3v) is 2.93. The Kier molecular flexibility index (Phi) is 3.17. The fourth-order valence-electron chi connectivity index (χ4n) is 1.94. The van der Waals surface area contributed by atoms with Gasteiger partial charge >= 0.3 is 0 Å². The summed E-state index contributed by atoms with van der Waals surface area (Å²) in [5.41, 5.74) is 7.01. The summed E-state index contributed by atoms with van der Waals surface area (Å²) in [5, 5.41) is 0. The van der Waals surface area contributed by atoms with Crippen LogP contribution in [0, 0.1) is 5.92 Å². The van der Waals surface area contributed by atoms with Crippen molar-refractivity contribution in [1.82, 2.24) is 4.90 Å². The average Bonchev–Trinajstić information content (AvgIpc) is 2.17. The van der Waals surface area contributed by atoms with E-state index >= 15 is 0 Å². The number of benzene rings is 1. The first-order valence-electron chi connectivity index (χ1n) is 5.35. The molecule has 2 nitrogen and oxygen atoms in total. The zero-order chi connectivity index (χ0) is 9.80. The highest BCUT2D eigenvalue weighted by molar-refractivity contribution is 5.14. The Hall–Kier alpha value is -0.860. The predicted octanol–water partition coefficient (Wildman–Crippen LogP) is 1.12. The average molecular weight is 190 g/mol. The van der Waals surface area contributed by atoms with Gasteiger partial charge in [0.05, 0.1) is 0 Å². The predicted molar refractivity (Wildman–Crippen MR) is 59.1 cm³/mol. The molecule has 1 aliphatic heterocycles. The van der Waals surface area contributed by atoms with Crippen LogP contribution in [-0.4, -0.2) is 31.1 Å². The van der Waals surface area contributed by atoms with Crippen LogP contribution >= 0.6 is 0 Å². The zero-order valence-corrected chi connectivity index (χ0v) is 8.52. The highest BCUT2D eigenvalue weighted by atomic mass is 15.2. The van der Waals surface area contributed by atoms with E-state index in [-0.39, 0.29) is 0 Å². The third kappa shape index (κ3) is 2.34. The van der Waals surface area contributed by atoms with E-state index in [9.17, 15) is 0 Å². The smallest absolute Gasteiger partial charge is 0.00343 e. The minimum Gasteiger partial charge on any atom is -0.330 e. The summed E-state index contributed by atoms with van der Waals surface area (Å²) >= 11 is 0. The first kappa shape index (κ1) is 9.69. The van der Waals surface area contributed by atoms with Crippen LogP contribution in [0.4, 0.5) is 0 Å². The zero-order valence-electron chi connectivity index (χ0n) is 8.52. The number of rotatable bonds is 4. The Balaban J connectivity index is 1.69. The lowest BCUT2D eigenvalue weighted by atomic mass is 10.00. The van der Waals surface area contributed by atoms with Gasteiger partial charge in [-0.2, -0.15) is 0 Å². The Morgan fingerprint density at radius 3 is 2.57 bits per heavy atom. The van der Waals surface area contributed by atoms with Crippen LogP contribution in [0.3, 0.4) is 0 Å². The van der Waals surface area contributed by atoms with E-state index in [4.69, 9.17) is 5.73 Å². The second-order valence-electron chi connectivity index (χ2n) is 4.10. The summed E-state index contributed by atoms with van der Waals surface area (Å²) in [6.45, 7) is 4.43. The molecule has 1 aliphatic rings. The van der Waals surface area contributed by atoms with Gasteiger partial charge in [-0.3, -0.25) is 0 Å². The summed E-state index contributed by atoms with van der Waals surface area (Å²) < 4.78 is 0. The number of hydrogen-bond donors (Lipinski definition) is 1. The molecule has 0 spiro atoms. The van der Waals surface area contributed by atoms with Crippen molar-refractivity contribution in [3.05, 3.63) is 35.9 Å². The molecule has 14 heavy (non-hydrogen) atoms. The molecule has 2 N–H and O–H groups in total. The lowest BCUT2D eigenvalue weighted by molar-refractivity contribution is 0.108. The second kappa shape index (κ2) is 4.58. The molecule has 2 heteroatoms. The maximum Gasteiger partial charge on any atom is 0.00343 e. The van der Waals surface area contributed by atoms with Gasteiger partial charge in [0.15, 0.2) is 0 Å². The molecule has 0 amide bonds. The monoisotopic (exact) mass is 190 g/mol. The van der Waals surface area contributed by atoms with Crippen LogP contribution in [0.1, 0.15) is 5.56 Å². The van der Waals surface area contributed by atoms with Crippen LogP contribution in [0.5, 0.6) is 0 Å². The Morgan fingerprint density at radius 1 is 1.21 bits per heavy atom. The summed E-state index contributed by atoms with van der Waals surface area (Å²) in [7, 11) is 0. The Morgan fingerprint density at radius 2 is 1.93 bits per heavy atom. The van der Waals surface area contributed by atoms with Gasteiger partial charge in [-0.25, -0.2) is 0 Å². The molecule has 0 atom stereocenters. The van der Waals surface area contributed by atoms with Crippen molar-refractivity contribution in [2.24, 2.45) is 11.7 Å². The van der Waals surface area contributed by atoms with Crippen molar-refractivity contribution in [2.75, 3.05) is 26.2 Å². The molecule has 1 saturated heterocycles. The first-order chi connectivity index (χ1) is 6.88. The van der Waals surface area contributed by atoms with Crippen molar-refractivity contribution >= 4 is 0 Å². The molecular weight excluding hydrogens is 172 g/mol. The lowest BCUT2D eigenvalue weighted by Crippen LogP contribution is -2.50. The van der Waals surface area contributed by atoms with Crippen LogP contribution in [0.15, 0.2) is 30.3 Å². The first-order valence-corrected chi connectivity index (χ1v) is 5.35. The number of nitrogens with zero attached hydrogens (tertiary/aromatic N) is 1. The minimum atomic E-state index is 0.755. The molecule has 1 aromatic rings. The molecule has 0 radical (unpaired) electrons. The van der Waals surface area contributed by atoms with E-state index in [1.54, 1.807) is 0 Å². The largest absolute Gasteiger partial charge is 0.330 e. The van der Waals surface area contributed by atoms with Crippen LogP contribution < -0.4 is 5.73 Å². The quantitative estimate of drug-likeness (QED) is 0.771. The minimum absolute atomic E-state index is 0.755. The van der Waals surface area contributed by atoms with Gasteiger partial charge in [0.1, 0.15) is 0 Å². The van der Waals surface area contributed by atoms with Gasteiger partial charge < -0.3 is 10.6 Å². The molecule has 76 valence electrons. The van der Waals surface area contributed by atoms with Crippen molar-refractivity contribution in [3.8, 4) is 0 Å². The molecule has 0 bridgehead atoms. The van der Waals surface area contributed by atoms with Crippen molar-refractivity contribution in [2.45, 2.75) is 6.42 Å². The van der Waals surface area contributed by atoms with Gasteiger partial charge in [-0.05, 0) is 24.4 Å². The van der Waals surface area contributed by atoms with E-state index in [1.807, 2.05) is 0 Å². The summed E-state index contributed by atoms with van der Waals surface area (Å²) in [6.07, 6.45) is 1.16. The maximum absolute atomic E-state index is 5.58. The summed E-state index contributed by atoms with van der Waals surface area (Å²) in [4.78, 5) is 2.48. The number of nitrogens with two attached hydrogens (primary N) is 1. The highest BCUT2D eigenvalue weighted by Gasteiger charge is 2.24. The topological polar surface area (TPSA) is 29.3 Å². The molecule has 1 heterocycles. The van der Waals surface area contributed by atoms with Gasteiger partial charge in [0.2, 0.25) is 0 Å². The second-order valence-corrected chi connectivity index (χ2v) is 4.10. The molecular formula is C12H18N2. The number of likely N-dealkylation sites (tertiary alicyclic amines) is 1. The van der Waals surface area contributed by atoms with Gasteiger partial charge in [0.25, 0.3) is 0 Å². The van der Waals surface area contributed by atoms with Crippen molar-refractivity contribution < 1.29 is 0 Å². The van der Waals surface area contributed by atoms with E-state index in [0.717, 1.165) is 18.9 Å². The summed E-state index contributed by atoms with van der Waals surface area (Å²) in [6, 6.07) is 10.7. The molecule has 0 unspecified atom stereocenters. The van der Waals surface area contributed by atoms with E-state index in [0.29, 0.717) is 0 Å². The molecule has 1 aromatic carbocycles. The SMILES string of the molecule is NCC1CN(CCc2ccccc2)C1. The van der Waals surface area contributed by atoms with E-state index < -0.39 is 0 Å².